The van der Waals surface area contributed by atoms with E-state index in [0.29, 0.717) is 0 Å². The van der Waals surface area contributed by atoms with Crippen molar-refractivity contribution in [3.63, 3.8) is 0 Å². The number of alkyl halides is 3. The third kappa shape index (κ3) is 2.72. The van der Waals surface area contributed by atoms with Crippen molar-refractivity contribution in [3.05, 3.63) is 35.4 Å². The van der Waals surface area contributed by atoms with E-state index in [0.717, 1.165) is 12.1 Å². The van der Waals surface area contributed by atoms with Crippen LogP contribution in [-0.4, -0.2) is 22.9 Å². The maximum atomic E-state index is 12.6. The summed E-state index contributed by atoms with van der Waals surface area (Å²) in [7, 11) is 0. The van der Waals surface area contributed by atoms with E-state index in [1.165, 1.54) is 12.1 Å². The molecule has 1 aromatic carbocycles. The fraction of sp³-hybridized carbons (Fsp3) is 0.400. The topological polar surface area (TPSA) is 66.5 Å². The molecule has 4 N–H and O–H groups in total. The summed E-state index contributed by atoms with van der Waals surface area (Å²) in [6, 6.07) is 4.54. The molecular formula is C10H12F3NO2. The molecule has 0 aromatic heterocycles. The van der Waals surface area contributed by atoms with Crippen LogP contribution >= 0.6 is 0 Å². The van der Waals surface area contributed by atoms with E-state index in [4.69, 9.17) is 5.73 Å². The first-order chi connectivity index (χ1) is 7.38. The number of aliphatic hydroxyl groups excluding tert-OH is 2. The Bertz CT molecular complexity index is 354. The van der Waals surface area contributed by atoms with Gasteiger partial charge in [0.25, 0.3) is 0 Å². The highest BCUT2D eigenvalue weighted by molar-refractivity contribution is 5.32. The molecule has 0 aliphatic carbocycles. The molecule has 90 valence electrons. The van der Waals surface area contributed by atoms with E-state index in [1.54, 1.807) is 0 Å². The van der Waals surface area contributed by atoms with Gasteiger partial charge in [0.1, 0.15) is 6.10 Å². The standard InChI is InChI=1S/C10H12F3NO2/c11-10(12,13)7-4-2-1-3-6(7)9(16)8(15)5-14/h1-4,8-9,15-16H,5,14H2. The number of benzene rings is 1. The molecule has 0 fully saturated rings. The molecular weight excluding hydrogens is 223 g/mol. The maximum Gasteiger partial charge on any atom is 0.416 e. The van der Waals surface area contributed by atoms with Gasteiger partial charge in [-0.25, -0.2) is 0 Å². The van der Waals surface area contributed by atoms with Crippen LogP contribution in [0.1, 0.15) is 17.2 Å². The molecule has 0 saturated heterocycles. The lowest BCUT2D eigenvalue weighted by Gasteiger charge is -2.20. The maximum absolute atomic E-state index is 12.6. The minimum absolute atomic E-state index is 0.312. The van der Waals surface area contributed by atoms with Gasteiger partial charge in [0.05, 0.1) is 11.7 Å². The number of rotatable bonds is 3. The SMILES string of the molecule is NCC(O)C(O)c1ccccc1C(F)(F)F. The van der Waals surface area contributed by atoms with Crippen molar-refractivity contribution in [2.24, 2.45) is 5.73 Å². The Morgan fingerprint density at radius 1 is 1.19 bits per heavy atom. The summed E-state index contributed by atoms with van der Waals surface area (Å²) in [6.07, 6.45) is -7.61. The van der Waals surface area contributed by atoms with E-state index in [9.17, 15) is 23.4 Å². The fourth-order valence-electron chi connectivity index (χ4n) is 1.35. The summed E-state index contributed by atoms with van der Waals surface area (Å²) in [4.78, 5) is 0. The Hall–Kier alpha value is -1.11. The number of aliphatic hydroxyl groups is 2. The van der Waals surface area contributed by atoms with E-state index in [-0.39, 0.29) is 12.1 Å². The Kier molecular flexibility index (Phi) is 3.90. The second-order valence-electron chi connectivity index (χ2n) is 3.33. The second kappa shape index (κ2) is 4.82. The Labute approximate surface area is 90.3 Å². The van der Waals surface area contributed by atoms with Gasteiger partial charge in [-0.1, -0.05) is 18.2 Å². The highest BCUT2D eigenvalue weighted by Gasteiger charge is 2.35. The molecule has 0 spiro atoms. The summed E-state index contributed by atoms with van der Waals surface area (Å²) < 4.78 is 37.7. The lowest BCUT2D eigenvalue weighted by atomic mass is 9.98. The van der Waals surface area contributed by atoms with Crippen LogP contribution in [0.4, 0.5) is 13.2 Å². The Balaban J connectivity index is 3.13. The van der Waals surface area contributed by atoms with Crippen LogP contribution in [0.2, 0.25) is 0 Å². The van der Waals surface area contributed by atoms with E-state index in [2.05, 4.69) is 0 Å². The van der Waals surface area contributed by atoms with Crippen LogP contribution in [0.3, 0.4) is 0 Å². The van der Waals surface area contributed by atoms with Crippen molar-refractivity contribution < 1.29 is 23.4 Å². The minimum Gasteiger partial charge on any atom is -0.389 e. The summed E-state index contributed by atoms with van der Waals surface area (Å²) in [6.45, 7) is -0.312. The highest BCUT2D eigenvalue weighted by atomic mass is 19.4. The van der Waals surface area contributed by atoms with Gasteiger partial charge in [-0.3, -0.25) is 0 Å². The average molecular weight is 235 g/mol. The van der Waals surface area contributed by atoms with E-state index in [1.807, 2.05) is 0 Å². The molecule has 2 atom stereocenters. The Morgan fingerprint density at radius 3 is 2.25 bits per heavy atom. The van der Waals surface area contributed by atoms with Gasteiger partial charge in [0.2, 0.25) is 0 Å². The second-order valence-corrected chi connectivity index (χ2v) is 3.33. The average Bonchev–Trinajstić information content (AvgIpc) is 2.26. The number of hydrogen-bond acceptors (Lipinski definition) is 3. The van der Waals surface area contributed by atoms with Crippen LogP contribution in [-0.2, 0) is 6.18 Å². The summed E-state index contributed by atoms with van der Waals surface area (Å²) in [5.41, 5.74) is 3.75. The monoisotopic (exact) mass is 235 g/mol. The molecule has 0 aliphatic rings. The number of hydrogen-bond donors (Lipinski definition) is 3. The third-order valence-electron chi connectivity index (χ3n) is 2.19. The molecule has 16 heavy (non-hydrogen) atoms. The van der Waals surface area contributed by atoms with E-state index < -0.39 is 23.9 Å². The van der Waals surface area contributed by atoms with Crippen LogP contribution < -0.4 is 5.73 Å². The summed E-state index contributed by atoms with van der Waals surface area (Å²) in [5.74, 6) is 0. The zero-order valence-electron chi connectivity index (χ0n) is 8.28. The first kappa shape index (κ1) is 13.0. The van der Waals surface area contributed by atoms with Crippen molar-refractivity contribution in [3.8, 4) is 0 Å². The van der Waals surface area contributed by atoms with E-state index >= 15 is 0 Å². The van der Waals surface area contributed by atoms with Gasteiger partial charge >= 0.3 is 6.18 Å². The molecule has 3 nitrogen and oxygen atoms in total. The van der Waals surface area contributed by atoms with Crippen LogP contribution in [0, 0.1) is 0 Å². The van der Waals surface area contributed by atoms with Crippen molar-refractivity contribution in [2.75, 3.05) is 6.54 Å². The van der Waals surface area contributed by atoms with Crippen LogP contribution in [0.5, 0.6) is 0 Å². The smallest absolute Gasteiger partial charge is 0.389 e. The first-order valence-electron chi connectivity index (χ1n) is 4.60. The quantitative estimate of drug-likeness (QED) is 0.733. The van der Waals surface area contributed by atoms with Gasteiger partial charge in [-0.2, -0.15) is 13.2 Å². The molecule has 1 aromatic rings. The molecule has 0 heterocycles. The number of halogens is 3. The Morgan fingerprint density at radius 2 is 1.75 bits per heavy atom. The molecule has 0 amide bonds. The normalized spacial score (nSPS) is 15.9. The van der Waals surface area contributed by atoms with Gasteiger partial charge < -0.3 is 15.9 Å². The molecule has 0 bridgehead atoms. The fourth-order valence-corrected chi connectivity index (χ4v) is 1.35. The number of nitrogens with two attached hydrogens (primary N) is 1. The molecule has 0 aliphatic heterocycles. The molecule has 2 unspecified atom stereocenters. The molecule has 0 saturated carbocycles. The van der Waals surface area contributed by atoms with Gasteiger partial charge in [0.15, 0.2) is 0 Å². The molecule has 6 heteroatoms. The molecule has 0 radical (unpaired) electrons. The van der Waals surface area contributed by atoms with Crippen LogP contribution in [0.15, 0.2) is 24.3 Å². The van der Waals surface area contributed by atoms with Crippen molar-refractivity contribution in [1.82, 2.24) is 0 Å². The predicted molar refractivity (Wildman–Crippen MR) is 51.5 cm³/mol. The zero-order valence-corrected chi connectivity index (χ0v) is 8.28. The van der Waals surface area contributed by atoms with Crippen LogP contribution in [0.25, 0.3) is 0 Å². The predicted octanol–water partition coefficient (Wildman–Crippen LogP) is 1.06. The lowest BCUT2D eigenvalue weighted by Crippen LogP contribution is -2.28. The lowest BCUT2D eigenvalue weighted by molar-refractivity contribution is -0.139. The van der Waals surface area contributed by atoms with Gasteiger partial charge in [-0.15, -0.1) is 0 Å². The third-order valence-corrected chi connectivity index (χ3v) is 2.19. The summed E-state index contributed by atoms with van der Waals surface area (Å²) in [5, 5.41) is 18.7. The van der Waals surface area contributed by atoms with Crippen molar-refractivity contribution in [1.29, 1.82) is 0 Å². The largest absolute Gasteiger partial charge is 0.416 e. The molecule has 1 rings (SSSR count). The minimum atomic E-state index is -4.56. The van der Waals surface area contributed by atoms with Gasteiger partial charge in [-0.05, 0) is 11.6 Å². The van der Waals surface area contributed by atoms with Crippen molar-refractivity contribution in [2.45, 2.75) is 18.4 Å². The highest BCUT2D eigenvalue weighted by Crippen LogP contribution is 2.35. The zero-order chi connectivity index (χ0) is 12.3. The van der Waals surface area contributed by atoms with Crippen molar-refractivity contribution >= 4 is 0 Å². The summed E-state index contributed by atoms with van der Waals surface area (Å²) >= 11 is 0. The first-order valence-corrected chi connectivity index (χ1v) is 4.60. The van der Waals surface area contributed by atoms with Gasteiger partial charge in [0, 0.05) is 6.54 Å².